The van der Waals surface area contributed by atoms with E-state index >= 15 is 0 Å². The van der Waals surface area contributed by atoms with E-state index in [-0.39, 0.29) is 11.6 Å². The molecule has 0 aromatic heterocycles. The number of hydrogen-bond acceptors (Lipinski definition) is 5. The second kappa shape index (κ2) is 6.18. The highest BCUT2D eigenvalue weighted by molar-refractivity contribution is 5.98. The van der Waals surface area contributed by atoms with Crippen molar-refractivity contribution >= 4 is 17.3 Å². The minimum absolute atomic E-state index is 0.0670. The highest BCUT2D eigenvalue weighted by atomic mass is 16.6. The Morgan fingerprint density at radius 2 is 1.96 bits per heavy atom. The van der Waals surface area contributed by atoms with Crippen molar-refractivity contribution in [3.8, 4) is 0 Å². The minimum atomic E-state index is -0.760. The summed E-state index contributed by atoms with van der Waals surface area (Å²) in [6.07, 6.45) is 4.75. The summed E-state index contributed by atoms with van der Waals surface area (Å²) in [7, 11) is 0. The summed E-state index contributed by atoms with van der Waals surface area (Å²) in [5.41, 5.74) is -1.08. The zero-order valence-electron chi connectivity index (χ0n) is 13.3. The van der Waals surface area contributed by atoms with Crippen LogP contribution in [0.25, 0.3) is 0 Å². The highest BCUT2D eigenvalue weighted by Gasteiger charge is 2.42. The summed E-state index contributed by atoms with van der Waals surface area (Å²) in [5, 5.41) is 24.8. The van der Waals surface area contributed by atoms with Crippen LogP contribution in [-0.2, 0) is 0 Å². The second-order valence-electron chi connectivity index (χ2n) is 6.82. The van der Waals surface area contributed by atoms with E-state index in [1.165, 1.54) is 19.3 Å². The predicted molar refractivity (Wildman–Crippen MR) is 85.6 cm³/mol. The van der Waals surface area contributed by atoms with Crippen LogP contribution in [0.5, 0.6) is 0 Å². The number of carbonyl (C=O) groups excluding carboxylic acids is 1. The fraction of sp³-hybridized carbons (Fsp3) is 0.562. The van der Waals surface area contributed by atoms with Crippen molar-refractivity contribution in [2.45, 2.75) is 38.6 Å². The van der Waals surface area contributed by atoms with Crippen molar-refractivity contribution in [2.24, 2.45) is 17.8 Å². The SMILES string of the molecule is C[C@H](NC(=O)c1ccc([N+](=O)[O-])cc1[N+](=O)[O-])[C@H]1C[C@@H]2CC[C@@H]1C2. The van der Waals surface area contributed by atoms with E-state index in [4.69, 9.17) is 0 Å². The van der Waals surface area contributed by atoms with Crippen LogP contribution in [0.4, 0.5) is 11.4 Å². The van der Waals surface area contributed by atoms with Crippen LogP contribution >= 0.6 is 0 Å². The summed E-state index contributed by atoms with van der Waals surface area (Å²) in [5.74, 6) is 1.22. The van der Waals surface area contributed by atoms with Crippen molar-refractivity contribution in [3.05, 3.63) is 44.0 Å². The molecule has 2 fully saturated rings. The fourth-order valence-corrected chi connectivity index (χ4v) is 4.27. The Hall–Kier alpha value is -2.51. The second-order valence-corrected chi connectivity index (χ2v) is 6.82. The van der Waals surface area contributed by atoms with Crippen LogP contribution in [0.3, 0.4) is 0 Å². The van der Waals surface area contributed by atoms with E-state index in [1.807, 2.05) is 6.92 Å². The first kappa shape index (κ1) is 16.4. The van der Waals surface area contributed by atoms with Crippen molar-refractivity contribution < 1.29 is 14.6 Å². The molecule has 0 heterocycles. The van der Waals surface area contributed by atoms with Crippen LogP contribution < -0.4 is 5.32 Å². The molecule has 2 aliphatic rings. The summed E-state index contributed by atoms with van der Waals surface area (Å²) in [6.45, 7) is 1.93. The summed E-state index contributed by atoms with van der Waals surface area (Å²) >= 11 is 0. The summed E-state index contributed by atoms with van der Waals surface area (Å²) in [4.78, 5) is 32.9. The van der Waals surface area contributed by atoms with Gasteiger partial charge in [-0.25, -0.2) is 0 Å². The quantitative estimate of drug-likeness (QED) is 0.656. The van der Waals surface area contributed by atoms with E-state index in [1.54, 1.807) is 0 Å². The van der Waals surface area contributed by atoms with E-state index in [2.05, 4.69) is 5.32 Å². The number of non-ortho nitro benzene ring substituents is 1. The van der Waals surface area contributed by atoms with Crippen molar-refractivity contribution in [1.29, 1.82) is 0 Å². The van der Waals surface area contributed by atoms with Gasteiger partial charge in [0.1, 0.15) is 5.56 Å². The predicted octanol–water partition coefficient (Wildman–Crippen LogP) is 3.06. The monoisotopic (exact) mass is 333 g/mol. The Kier molecular flexibility index (Phi) is 4.21. The number of rotatable bonds is 5. The normalized spacial score (nSPS) is 26.1. The van der Waals surface area contributed by atoms with Gasteiger partial charge in [0, 0.05) is 12.1 Å². The smallest absolute Gasteiger partial charge is 0.289 e. The number of nitrogens with one attached hydrogen (secondary N) is 1. The lowest BCUT2D eigenvalue weighted by Crippen LogP contribution is -2.40. The number of carbonyl (C=O) groups is 1. The van der Waals surface area contributed by atoms with Gasteiger partial charge in [-0.15, -0.1) is 0 Å². The topological polar surface area (TPSA) is 115 Å². The first-order chi connectivity index (χ1) is 11.4. The lowest BCUT2D eigenvalue weighted by molar-refractivity contribution is -0.394. The maximum absolute atomic E-state index is 12.4. The number of nitro groups is 2. The Labute approximate surface area is 138 Å². The lowest BCUT2D eigenvalue weighted by atomic mass is 9.84. The molecule has 2 aliphatic carbocycles. The van der Waals surface area contributed by atoms with Crippen LogP contribution in [0.15, 0.2) is 18.2 Å². The van der Waals surface area contributed by atoms with Gasteiger partial charge in [-0.3, -0.25) is 25.0 Å². The molecule has 24 heavy (non-hydrogen) atoms. The average molecular weight is 333 g/mol. The standard InChI is InChI=1S/C16H19N3O5/c1-9(14-7-10-2-3-11(14)6-10)17-16(20)13-5-4-12(18(21)22)8-15(13)19(23)24/h4-5,8-11,14H,2-3,6-7H2,1H3,(H,17,20)/t9-,10+,11+,14+/m0/s1. The van der Waals surface area contributed by atoms with Gasteiger partial charge in [-0.1, -0.05) is 6.42 Å². The maximum atomic E-state index is 12.4. The zero-order chi connectivity index (χ0) is 17.4. The number of nitro benzene ring substituents is 2. The van der Waals surface area contributed by atoms with Crippen LogP contribution in [-0.4, -0.2) is 21.8 Å². The van der Waals surface area contributed by atoms with Crippen LogP contribution in [0.2, 0.25) is 0 Å². The third kappa shape index (κ3) is 2.95. The molecule has 3 rings (SSSR count). The van der Waals surface area contributed by atoms with Gasteiger partial charge in [0.2, 0.25) is 0 Å². The molecular formula is C16H19N3O5. The molecule has 0 aliphatic heterocycles. The Bertz CT molecular complexity index is 705. The molecule has 0 spiro atoms. The molecule has 0 unspecified atom stereocenters. The third-order valence-electron chi connectivity index (χ3n) is 5.43. The molecule has 2 saturated carbocycles. The largest absolute Gasteiger partial charge is 0.349 e. The molecule has 128 valence electrons. The lowest BCUT2D eigenvalue weighted by Gasteiger charge is -2.28. The molecule has 4 atom stereocenters. The van der Waals surface area contributed by atoms with E-state index in [0.717, 1.165) is 30.5 Å². The number of fused-ring (bicyclic) bond motifs is 2. The first-order valence-corrected chi connectivity index (χ1v) is 8.10. The Morgan fingerprint density at radius 1 is 1.21 bits per heavy atom. The molecule has 8 heteroatoms. The average Bonchev–Trinajstić information content (AvgIpc) is 3.17. The number of benzene rings is 1. The fourth-order valence-electron chi connectivity index (χ4n) is 4.27. The van der Waals surface area contributed by atoms with Gasteiger partial charge in [0.25, 0.3) is 17.3 Å². The van der Waals surface area contributed by atoms with Gasteiger partial charge in [-0.05, 0) is 50.0 Å². The van der Waals surface area contributed by atoms with Crippen molar-refractivity contribution in [1.82, 2.24) is 5.32 Å². The highest BCUT2D eigenvalue weighted by Crippen LogP contribution is 2.49. The number of amides is 1. The Balaban J connectivity index is 1.77. The maximum Gasteiger partial charge on any atom is 0.289 e. The van der Waals surface area contributed by atoms with Crippen molar-refractivity contribution in [3.63, 3.8) is 0 Å². The third-order valence-corrected chi connectivity index (χ3v) is 5.43. The molecule has 1 aromatic carbocycles. The molecule has 0 saturated heterocycles. The molecule has 1 amide bonds. The van der Waals surface area contributed by atoms with Gasteiger partial charge < -0.3 is 5.32 Å². The Morgan fingerprint density at radius 3 is 2.50 bits per heavy atom. The molecule has 1 N–H and O–H groups in total. The first-order valence-electron chi connectivity index (χ1n) is 8.10. The summed E-state index contributed by atoms with van der Waals surface area (Å²) < 4.78 is 0. The zero-order valence-corrected chi connectivity index (χ0v) is 13.3. The number of nitrogens with zero attached hydrogens (tertiary/aromatic N) is 2. The van der Waals surface area contributed by atoms with Gasteiger partial charge in [0.05, 0.1) is 15.9 Å². The molecule has 8 nitrogen and oxygen atoms in total. The van der Waals surface area contributed by atoms with E-state index in [9.17, 15) is 25.0 Å². The van der Waals surface area contributed by atoms with Crippen molar-refractivity contribution in [2.75, 3.05) is 0 Å². The van der Waals surface area contributed by atoms with Gasteiger partial charge >= 0.3 is 0 Å². The minimum Gasteiger partial charge on any atom is -0.349 e. The van der Waals surface area contributed by atoms with Gasteiger partial charge in [0.15, 0.2) is 0 Å². The van der Waals surface area contributed by atoms with Crippen LogP contribution in [0.1, 0.15) is 43.0 Å². The number of hydrogen-bond donors (Lipinski definition) is 1. The van der Waals surface area contributed by atoms with E-state index < -0.39 is 27.1 Å². The van der Waals surface area contributed by atoms with E-state index in [0.29, 0.717) is 11.8 Å². The summed E-state index contributed by atoms with van der Waals surface area (Å²) in [6, 6.07) is 3.03. The molecule has 2 bridgehead atoms. The van der Waals surface area contributed by atoms with Crippen LogP contribution in [0, 0.1) is 38.0 Å². The molecular weight excluding hydrogens is 314 g/mol. The van der Waals surface area contributed by atoms with Gasteiger partial charge in [-0.2, -0.15) is 0 Å². The molecule has 1 aromatic rings. The molecule has 0 radical (unpaired) electrons.